The molecule has 9 heteroatoms. The number of carbonyl (C=O) groups excluding carboxylic acids is 2. The Morgan fingerprint density at radius 2 is 2.10 bits per heavy atom. The Bertz CT molecular complexity index is 563. The van der Waals surface area contributed by atoms with E-state index in [0.717, 1.165) is 6.07 Å². The number of nitro benzene ring substituents is 1. The number of carbonyl (C=O) groups is 2. The van der Waals surface area contributed by atoms with Crippen LogP contribution in [0.15, 0.2) is 18.2 Å². The number of rotatable bonds is 6. The molecule has 0 fully saturated rings. The lowest BCUT2D eigenvalue weighted by atomic mass is 10.1. The molecule has 0 saturated carbocycles. The minimum atomic E-state index is -0.634. The van der Waals surface area contributed by atoms with E-state index in [4.69, 9.17) is 4.74 Å². The fourth-order valence-electron chi connectivity index (χ4n) is 1.47. The van der Waals surface area contributed by atoms with Gasteiger partial charge in [0.2, 0.25) is 0 Å². The van der Waals surface area contributed by atoms with Crippen molar-refractivity contribution in [3.8, 4) is 5.75 Å². The number of ether oxygens (including phenoxy) is 2. The molecule has 8 nitrogen and oxygen atoms in total. The lowest BCUT2D eigenvalue weighted by molar-refractivity contribution is -0.385. The Morgan fingerprint density at radius 1 is 1.43 bits per heavy atom. The van der Waals surface area contributed by atoms with Crippen molar-refractivity contribution in [1.82, 2.24) is 5.32 Å². The molecule has 1 amide bonds. The van der Waals surface area contributed by atoms with Crippen LogP contribution in [0.4, 0.5) is 5.69 Å². The topological polar surface area (TPSA) is 108 Å². The minimum absolute atomic E-state index is 0.0614. The van der Waals surface area contributed by atoms with Crippen LogP contribution in [0.1, 0.15) is 10.4 Å². The van der Waals surface area contributed by atoms with Gasteiger partial charge in [0.25, 0.3) is 5.91 Å². The number of nitro groups is 1. The quantitative estimate of drug-likeness (QED) is 0.250. The van der Waals surface area contributed by atoms with Crippen LogP contribution in [-0.2, 0) is 9.53 Å². The van der Waals surface area contributed by atoms with Crippen molar-refractivity contribution in [3.05, 3.63) is 33.9 Å². The van der Waals surface area contributed by atoms with E-state index in [1.807, 2.05) is 22.6 Å². The normalized spacial score (nSPS) is 11.4. The fraction of sp³-hybridized carbons (Fsp3) is 0.333. The summed E-state index contributed by atoms with van der Waals surface area (Å²) < 4.78 is 8.84. The summed E-state index contributed by atoms with van der Waals surface area (Å²) in [5.41, 5.74) is -0.194. The highest BCUT2D eigenvalue weighted by Crippen LogP contribution is 2.27. The van der Waals surface area contributed by atoms with Gasteiger partial charge in [-0.05, 0) is 12.1 Å². The van der Waals surface area contributed by atoms with Crippen molar-refractivity contribution < 1.29 is 24.0 Å². The van der Waals surface area contributed by atoms with Gasteiger partial charge in [-0.25, -0.2) is 0 Å². The lowest BCUT2D eigenvalue weighted by Gasteiger charge is -2.09. The summed E-state index contributed by atoms with van der Waals surface area (Å²) in [6.07, 6.45) is 0. The van der Waals surface area contributed by atoms with Gasteiger partial charge < -0.3 is 14.8 Å². The molecule has 0 aromatic heterocycles. The summed E-state index contributed by atoms with van der Waals surface area (Å²) in [5.74, 6) is -0.916. The second kappa shape index (κ2) is 7.76. The number of amides is 1. The number of hydrogen-bond donors (Lipinski definition) is 1. The van der Waals surface area contributed by atoms with Gasteiger partial charge in [-0.1, -0.05) is 22.6 Å². The first-order valence-electron chi connectivity index (χ1n) is 5.73. The molecule has 0 heterocycles. The first kappa shape index (κ1) is 17.1. The number of halogens is 1. The van der Waals surface area contributed by atoms with Crippen LogP contribution in [-0.4, -0.2) is 41.5 Å². The molecule has 1 aromatic carbocycles. The number of methoxy groups -OCH3 is 2. The molecule has 1 aromatic rings. The molecule has 114 valence electrons. The Morgan fingerprint density at radius 3 is 2.62 bits per heavy atom. The van der Waals surface area contributed by atoms with Crippen molar-refractivity contribution in [2.45, 2.75) is 3.92 Å². The number of hydrogen-bond acceptors (Lipinski definition) is 6. The van der Waals surface area contributed by atoms with Crippen molar-refractivity contribution in [3.63, 3.8) is 0 Å². The summed E-state index contributed by atoms with van der Waals surface area (Å²) in [6.45, 7) is 0.0614. The van der Waals surface area contributed by atoms with Gasteiger partial charge in [0, 0.05) is 18.2 Å². The van der Waals surface area contributed by atoms with Gasteiger partial charge in [0.05, 0.1) is 19.1 Å². The zero-order chi connectivity index (χ0) is 16.0. The summed E-state index contributed by atoms with van der Waals surface area (Å²) in [6, 6.07) is 3.87. The number of esters is 1. The van der Waals surface area contributed by atoms with Crippen LogP contribution < -0.4 is 10.1 Å². The van der Waals surface area contributed by atoms with E-state index in [9.17, 15) is 19.7 Å². The van der Waals surface area contributed by atoms with E-state index < -0.39 is 20.7 Å². The first-order chi connectivity index (χ1) is 9.90. The molecular formula is C12H13IN2O6. The predicted molar refractivity (Wildman–Crippen MR) is 81.8 cm³/mol. The highest BCUT2D eigenvalue weighted by Gasteiger charge is 2.20. The van der Waals surface area contributed by atoms with Gasteiger partial charge >= 0.3 is 11.7 Å². The van der Waals surface area contributed by atoms with Crippen LogP contribution in [0.3, 0.4) is 0 Å². The average Bonchev–Trinajstić information content (AvgIpc) is 2.50. The summed E-state index contributed by atoms with van der Waals surface area (Å²) in [7, 11) is 2.56. The third-order valence-electron chi connectivity index (χ3n) is 2.54. The minimum Gasteiger partial charge on any atom is -0.490 e. The van der Waals surface area contributed by atoms with Crippen LogP contribution in [0.5, 0.6) is 5.75 Å². The van der Waals surface area contributed by atoms with Crippen molar-refractivity contribution in [1.29, 1.82) is 0 Å². The van der Waals surface area contributed by atoms with Gasteiger partial charge in [-0.3, -0.25) is 19.7 Å². The average molecular weight is 408 g/mol. The van der Waals surface area contributed by atoms with E-state index in [2.05, 4.69) is 10.1 Å². The number of nitrogens with zero attached hydrogens (tertiary/aromatic N) is 1. The van der Waals surface area contributed by atoms with Crippen LogP contribution in [0.2, 0.25) is 0 Å². The Kier molecular flexibility index (Phi) is 6.34. The van der Waals surface area contributed by atoms with Crippen LogP contribution in [0, 0.1) is 10.1 Å². The van der Waals surface area contributed by atoms with Crippen molar-refractivity contribution >= 4 is 40.2 Å². The maximum atomic E-state index is 11.9. The highest BCUT2D eigenvalue weighted by atomic mass is 127. The highest BCUT2D eigenvalue weighted by molar-refractivity contribution is 14.1. The Balaban J connectivity index is 2.81. The first-order valence-corrected chi connectivity index (χ1v) is 6.97. The molecule has 1 unspecified atom stereocenters. The maximum Gasteiger partial charge on any atom is 0.320 e. The van der Waals surface area contributed by atoms with Crippen LogP contribution >= 0.6 is 22.6 Å². The van der Waals surface area contributed by atoms with Crippen molar-refractivity contribution in [2.24, 2.45) is 0 Å². The molecule has 0 aliphatic carbocycles. The van der Waals surface area contributed by atoms with E-state index in [-0.39, 0.29) is 23.5 Å². The Hall–Kier alpha value is -1.91. The smallest absolute Gasteiger partial charge is 0.320 e. The number of benzene rings is 1. The second-order valence-electron chi connectivity index (χ2n) is 3.84. The van der Waals surface area contributed by atoms with Gasteiger partial charge in [-0.2, -0.15) is 0 Å². The monoisotopic (exact) mass is 408 g/mol. The SMILES string of the molecule is COC(=O)C(I)CNC(=O)c1ccc(OC)c([N+](=O)[O-])c1. The van der Waals surface area contributed by atoms with E-state index in [0.29, 0.717) is 0 Å². The second-order valence-corrected chi connectivity index (χ2v) is 5.35. The molecule has 0 saturated heterocycles. The molecule has 1 atom stereocenters. The molecule has 1 rings (SSSR count). The Labute approximate surface area is 134 Å². The third-order valence-corrected chi connectivity index (χ3v) is 3.49. The van der Waals surface area contributed by atoms with E-state index in [1.54, 1.807) is 0 Å². The summed E-state index contributed by atoms with van der Waals surface area (Å²) in [4.78, 5) is 33.4. The number of alkyl halides is 1. The van der Waals surface area contributed by atoms with E-state index in [1.165, 1.54) is 26.4 Å². The third kappa shape index (κ3) is 4.55. The summed E-state index contributed by atoms with van der Waals surface area (Å²) >= 11 is 1.83. The zero-order valence-electron chi connectivity index (χ0n) is 11.3. The van der Waals surface area contributed by atoms with Gasteiger partial charge in [0.15, 0.2) is 5.75 Å². The predicted octanol–water partition coefficient (Wildman–Crippen LogP) is 1.31. The summed E-state index contributed by atoms with van der Waals surface area (Å²) in [5, 5.41) is 13.4. The van der Waals surface area contributed by atoms with E-state index >= 15 is 0 Å². The standard InChI is InChI=1S/C12H13IN2O6/c1-20-10-4-3-7(5-9(10)15(18)19)11(16)14-6-8(13)12(17)21-2/h3-5,8H,6H2,1-2H3,(H,14,16). The largest absolute Gasteiger partial charge is 0.490 e. The molecule has 1 N–H and O–H groups in total. The molecule has 0 aliphatic heterocycles. The molecule has 0 spiro atoms. The molecule has 0 radical (unpaired) electrons. The van der Waals surface area contributed by atoms with Gasteiger partial charge in [-0.15, -0.1) is 0 Å². The van der Waals surface area contributed by atoms with Crippen molar-refractivity contribution in [2.75, 3.05) is 20.8 Å². The fourth-order valence-corrected chi connectivity index (χ4v) is 1.94. The van der Waals surface area contributed by atoms with Crippen LogP contribution in [0.25, 0.3) is 0 Å². The zero-order valence-corrected chi connectivity index (χ0v) is 13.4. The maximum absolute atomic E-state index is 11.9. The molecule has 0 bridgehead atoms. The molecule has 21 heavy (non-hydrogen) atoms. The molecule has 0 aliphatic rings. The van der Waals surface area contributed by atoms with Gasteiger partial charge in [0.1, 0.15) is 3.92 Å². The molecular weight excluding hydrogens is 395 g/mol. The number of nitrogens with one attached hydrogen (secondary N) is 1. The lowest BCUT2D eigenvalue weighted by Crippen LogP contribution is -2.33.